The fourth-order valence-corrected chi connectivity index (χ4v) is 5.41. The highest BCUT2D eigenvalue weighted by atomic mass is 32.2. The zero-order valence-electron chi connectivity index (χ0n) is 12.5. The molecule has 0 unspecified atom stereocenters. The van der Waals surface area contributed by atoms with Gasteiger partial charge in [0.1, 0.15) is 4.21 Å². The van der Waals surface area contributed by atoms with Crippen LogP contribution in [0.15, 0.2) is 16.3 Å². The number of sulfonamides is 1. The third kappa shape index (κ3) is 4.28. The molecule has 1 aromatic rings. The van der Waals surface area contributed by atoms with Crippen molar-refractivity contribution in [1.29, 1.82) is 0 Å². The van der Waals surface area contributed by atoms with Gasteiger partial charge in [0.05, 0.1) is 0 Å². The van der Waals surface area contributed by atoms with Gasteiger partial charge in [0.2, 0.25) is 10.0 Å². The Balaban J connectivity index is 1.58. The van der Waals surface area contributed by atoms with E-state index in [2.05, 4.69) is 17.0 Å². The summed E-state index contributed by atoms with van der Waals surface area (Å²) in [6, 6.07) is 4.43. The van der Waals surface area contributed by atoms with Gasteiger partial charge in [-0.05, 0) is 56.6 Å². The number of thiophene rings is 1. The van der Waals surface area contributed by atoms with Crippen molar-refractivity contribution in [3.63, 3.8) is 0 Å². The van der Waals surface area contributed by atoms with E-state index < -0.39 is 10.0 Å². The number of hydrogen-bond acceptors (Lipinski definition) is 4. The van der Waals surface area contributed by atoms with Gasteiger partial charge >= 0.3 is 0 Å². The second kappa shape index (κ2) is 6.36. The van der Waals surface area contributed by atoms with E-state index in [4.69, 9.17) is 0 Å². The molecule has 6 heteroatoms. The fraction of sp³-hybridized carbons (Fsp3) is 0.733. The van der Waals surface area contributed by atoms with Gasteiger partial charge in [0.15, 0.2) is 0 Å². The minimum Gasteiger partial charge on any atom is -0.309 e. The summed E-state index contributed by atoms with van der Waals surface area (Å²) in [7, 11) is -3.34. The molecule has 2 aliphatic carbocycles. The van der Waals surface area contributed by atoms with Crippen LogP contribution in [0.25, 0.3) is 0 Å². The molecule has 3 rings (SSSR count). The Morgan fingerprint density at radius 3 is 2.43 bits per heavy atom. The highest BCUT2D eigenvalue weighted by Gasteiger charge is 2.25. The molecule has 2 fully saturated rings. The van der Waals surface area contributed by atoms with Crippen molar-refractivity contribution < 1.29 is 8.42 Å². The topological polar surface area (TPSA) is 58.2 Å². The molecule has 0 radical (unpaired) electrons. The Kier molecular flexibility index (Phi) is 4.69. The van der Waals surface area contributed by atoms with Crippen LogP contribution >= 0.6 is 11.3 Å². The quantitative estimate of drug-likeness (QED) is 0.844. The van der Waals surface area contributed by atoms with E-state index in [1.807, 2.05) is 6.07 Å². The first-order valence-electron chi connectivity index (χ1n) is 7.87. The molecule has 0 amide bonds. The smallest absolute Gasteiger partial charge is 0.250 e. The lowest BCUT2D eigenvalue weighted by Crippen LogP contribution is -2.36. The first-order valence-corrected chi connectivity index (χ1v) is 10.2. The molecule has 0 aliphatic heterocycles. The summed E-state index contributed by atoms with van der Waals surface area (Å²) in [5.41, 5.74) is 0. The highest BCUT2D eigenvalue weighted by Crippen LogP contribution is 2.27. The first-order chi connectivity index (χ1) is 10.0. The van der Waals surface area contributed by atoms with Gasteiger partial charge < -0.3 is 5.32 Å². The maximum absolute atomic E-state index is 12.4. The van der Waals surface area contributed by atoms with Crippen molar-refractivity contribution in [2.45, 2.75) is 68.3 Å². The SMILES string of the molecule is CC1CCC(NS(=O)(=O)c2ccc(CNC3CC3)s2)CC1. The maximum Gasteiger partial charge on any atom is 0.250 e. The Morgan fingerprint density at radius 1 is 1.10 bits per heavy atom. The molecule has 21 heavy (non-hydrogen) atoms. The molecule has 2 N–H and O–H groups in total. The number of rotatable bonds is 6. The largest absolute Gasteiger partial charge is 0.309 e. The van der Waals surface area contributed by atoms with Crippen LogP contribution in [0.5, 0.6) is 0 Å². The molecule has 118 valence electrons. The first kappa shape index (κ1) is 15.5. The van der Waals surface area contributed by atoms with Gasteiger partial charge in [0.25, 0.3) is 0 Å². The van der Waals surface area contributed by atoms with Crippen molar-refractivity contribution >= 4 is 21.4 Å². The summed E-state index contributed by atoms with van der Waals surface area (Å²) in [6.45, 7) is 3.02. The summed E-state index contributed by atoms with van der Waals surface area (Å²) in [6.07, 6.45) is 6.66. The van der Waals surface area contributed by atoms with E-state index in [0.717, 1.165) is 43.0 Å². The van der Waals surface area contributed by atoms with E-state index in [1.165, 1.54) is 24.2 Å². The lowest BCUT2D eigenvalue weighted by molar-refractivity contribution is 0.332. The summed E-state index contributed by atoms with van der Waals surface area (Å²) in [5, 5.41) is 3.42. The number of hydrogen-bond donors (Lipinski definition) is 2. The molecule has 1 heterocycles. The molecule has 1 aromatic heterocycles. The minimum atomic E-state index is -3.34. The van der Waals surface area contributed by atoms with Gasteiger partial charge in [-0.2, -0.15) is 0 Å². The van der Waals surface area contributed by atoms with Gasteiger partial charge in [0, 0.05) is 23.5 Å². The van der Waals surface area contributed by atoms with Crippen LogP contribution in [0.4, 0.5) is 0 Å². The van der Waals surface area contributed by atoms with Gasteiger partial charge in [-0.1, -0.05) is 6.92 Å². The van der Waals surface area contributed by atoms with E-state index in [0.29, 0.717) is 10.3 Å². The third-order valence-electron chi connectivity index (χ3n) is 4.38. The van der Waals surface area contributed by atoms with Gasteiger partial charge in [-0.15, -0.1) is 11.3 Å². The van der Waals surface area contributed by atoms with E-state index >= 15 is 0 Å². The standard InChI is InChI=1S/C15H24N2O2S2/c1-11-2-4-13(5-3-11)17-21(18,19)15-9-8-14(20-15)10-16-12-6-7-12/h8-9,11-13,16-17H,2-7,10H2,1H3. The van der Waals surface area contributed by atoms with Crippen molar-refractivity contribution in [3.05, 3.63) is 17.0 Å². The fourth-order valence-electron chi connectivity index (χ4n) is 2.79. The second-order valence-electron chi connectivity index (χ2n) is 6.45. The predicted octanol–water partition coefficient (Wildman–Crippen LogP) is 2.86. The average Bonchev–Trinajstić information content (AvgIpc) is 3.15. The molecular weight excluding hydrogens is 304 g/mol. The molecular formula is C15H24N2O2S2. The van der Waals surface area contributed by atoms with Crippen LogP contribution in [0.1, 0.15) is 50.3 Å². The lowest BCUT2D eigenvalue weighted by atomic mass is 9.88. The van der Waals surface area contributed by atoms with E-state index in [1.54, 1.807) is 6.07 Å². The average molecular weight is 329 g/mol. The lowest BCUT2D eigenvalue weighted by Gasteiger charge is -2.26. The summed E-state index contributed by atoms with van der Waals surface area (Å²) < 4.78 is 28.2. The summed E-state index contributed by atoms with van der Waals surface area (Å²) in [4.78, 5) is 1.10. The zero-order valence-corrected chi connectivity index (χ0v) is 14.1. The molecule has 2 saturated carbocycles. The van der Waals surface area contributed by atoms with Crippen LogP contribution in [0.2, 0.25) is 0 Å². The molecule has 0 aromatic carbocycles. The van der Waals surface area contributed by atoms with Crippen molar-refractivity contribution in [3.8, 4) is 0 Å². The summed E-state index contributed by atoms with van der Waals surface area (Å²) >= 11 is 1.39. The predicted molar refractivity (Wildman–Crippen MR) is 85.9 cm³/mol. The molecule has 0 bridgehead atoms. The normalized spacial score (nSPS) is 26.9. The van der Waals surface area contributed by atoms with Crippen LogP contribution in [0.3, 0.4) is 0 Å². The number of nitrogens with one attached hydrogen (secondary N) is 2. The Morgan fingerprint density at radius 2 is 1.76 bits per heavy atom. The van der Waals surface area contributed by atoms with Crippen molar-refractivity contribution in [2.75, 3.05) is 0 Å². The van der Waals surface area contributed by atoms with Gasteiger partial charge in [-0.25, -0.2) is 13.1 Å². The highest BCUT2D eigenvalue weighted by molar-refractivity contribution is 7.91. The molecule has 2 aliphatic rings. The molecule has 4 nitrogen and oxygen atoms in total. The van der Waals surface area contributed by atoms with Crippen LogP contribution in [-0.4, -0.2) is 20.5 Å². The molecule has 0 saturated heterocycles. The third-order valence-corrected chi connectivity index (χ3v) is 7.48. The zero-order chi connectivity index (χ0) is 14.9. The van der Waals surface area contributed by atoms with E-state index in [-0.39, 0.29) is 6.04 Å². The maximum atomic E-state index is 12.4. The molecule has 0 atom stereocenters. The van der Waals surface area contributed by atoms with Crippen LogP contribution in [-0.2, 0) is 16.6 Å². The molecule has 0 spiro atoms. The monoisotopic (exact) mass is 328 g/mol. The Hall–Kier alpha value is -0.430. The van der Waals surface area contributed by atoms with Crippen LogP contribution < -0.4 is 10.0 Å². The van der Waals surface area contributed by atoms with Gasteiger partial charge in [-0.3, -0.25) is 0 Å². The second-order valence-corrected chi connectivity index (χ2v) is 9.56. The minimum absolute atomic E-state index is 0.112. The summed E-state index contributed by atoms with van der Waals surface area (Å²) in [5.74, 6) is 0.729. The van der Waals surface area contributed by atoms with Crippen molar-refractivity contribution in [2.24, 2.45) is 5.92 Å². The van der Waals surface area contributed by atoms with Crippen LogP contribution in [0, 0.1) is 5.92 Å². The Labute approximate surface area is 131 Å². The van der Waals surface area contributed by atoms with E-state index in [9.17, 15) is 8.42 Å². The van der Waals surface area contributed by atoms with Crippen molar-refractivity contribution in [1.82, 2.24) is 10.0 Å². The Bertz CT molecular complexity index is 570.